The van der Waals surface area contributed by atoms with E-state index < -0.39 is 0 Å². The van der Waals surface area contributed by atoms with Gasteiger partial charge in [-0.15, -0.1) is 0 Å². The summed E-state index contributed by atoms with van der Waals surface area (Å²) in [5.74, 6) is -0.220. The van der Waals surface area contributed by atoms with Gasteiger partial charge in [-0.3, -0.25) is 4.79 Å². The molecule has 1 atom stereocenters. The van der Waals surface area contributed by atoms with E-state index in [1.807, 2.05) is 37.2 Å². The molecule has 2 N–H and O–H groups in total. The van der Waals surface area contributed by atoms with Gasteiger partial charge in [-0.05, 0) is 38.2 Å². The summed E-state index contributed by atoms with van der Waals surface area (Å²) in [5.41, 5.74) is 2.37. The molecule has 2 aromatic rings. The molecule has 5 heteroatoms. The minimum Gasteiger partial charge on any atom is -0.463 e. The van der Waals surface area contributed by atoms with E-state index in [4.69, 9.17) is 4.42 Å². The third-order valence-corrected chi connectivity index (χ3v) is 3.43. The molecule has 1 heterocycles. The zero-order chi connectivity index (χ0) is 15.4. The Kier molecular flexibility index (Phi) is 4.98. The first-order valence-corrected chi connectivity index (χ1v) is 7.11. The van der Waals surface area contributed by atoms with Gasteiger partial charge in [0.25, 0.3) is 5.91 Å². The summed E-state index contributed by atoms with van der Waals surface area (Å²) in [6.45, 7) is 2.55. The highest BCUT2D eigenvalue weighted by molar-refractivity contribution is 6.06. The van der Waals surface area contributed by atoms with Crippen molar-refractivity contribution >= 4 is 16.9 Å². The highest BCUT2D eigenvalue weighted by atomic mass is 16.3. The van der Waals surface area contributed by atoms with Crippen LogP contribution >= 0.6 is 0 Å². The van der Waals surface area contributed by atoms with Crippen LogP contribution in [0.25, 0.3) is 11.0 Å². The number of aliphatic hydroxyl groups is 1. The van der Waals surface area contributed by atoms with Crippen LogP contribution in [0.5, 0.6) is 0 Å². The van der Waals surface area contributed by atoms with Gasteiger partial charge in [-0.1, -0.05) is 13.0 Å². The molecule has 0 saturated carbocycles. The average Bonchev–Trinajstić information content (AvgIpc) is 2.88. The van der Waals surface area contributed by atoms with E-state index in [9.17, 15) is 9.90 Å². The fourth-order valence-corrected chi connectivity index (χ4v) is 2.32. The SMILES string of the molecule is CCc1ccc2occ(C(=O)NC(CO)CN(C)C)c2c1. The number of rotatable bonds is 6. The number of benzene rings is 1. The number of carbonyl (C=O) groups excluding carboxylic acids is 1. The Balaban J connectivity index is 2.22. The minimum atomic E-state index is -0.299. The molecule has 0 aliphatic carbocycles. The normalized spacial score (nSPS) is 12.8. The number of amides is 1. The van der Waals surface area contributed by atoms with Gasteiger partial charge in [-0.25, -0.2) is 0 Å². The lowest BCUT2D eigenvalue weighted by molar-refractivity contribution is 0.0905. The molecule has 0 fully saturated rings. The van der Waals surface area contributed by atoms with E-state index >= 15 is 0 Å². The van der Waals surface area contributed by atoms with Crippen molar-refractivity contribution in [3.05, 3.63) is 35.6 Å². The number of aliphatic hydroxyl groups excluding tert-OH is 1. The summed E-state index contributed by atoms with van der Waals surface area (Å²) >= 11 is 0. The molecule has 0 aliphatic heterocycles. The van der Waals surface area contributed by atoms with Gasteiger partial charge < -0.3 is 19.7 Å². The van der Waals surface area contributed by atoms with Crippen LogP contribution in [0.15, 0.2) is 28.9 Å². The lowest BCUT2D eigenvalue weighted by Gasteiger charge is -2.20. The fourth-order valence-electron chi connectivity index (χ4n) is 2.32. The standard InChI is InChI=1S/C16H22N2O3/c1-4-11-5-6-15-13(7-11)14(10-21-15)16(20)17-12(9-19)8-18(2)3/h5-7,10,12,19H,4,8-9H2,1-3H3,(H,17,20). The third-order valence-electron chi connectivity index (χ3n) is 3.43. The first kappa shape index (κ1) is 15.5. The second-order valence-corrected chi connectivity index (χ2v) is 5.45. The quantitative estimate of drug-likeness (QED) is 0.849. The molecule has 1 unspecified atom stereocenters. The van der Waals surface area contributed by atoms with Gasteiger partial charge in [0, 0.05) is 11.9 Å². The molecule has 1 amide bonds. The predicted octanol–water partition coefficient (Wildman–Crippen LogP) is 1.65. The molecule has 1 aromatic carbocycles. The predicted molar refractivity (Wildman–Crippen MR) is 82.5 cm³/mol. The maximum atomic E-state index is 12.4. The summed E-state index contributed by atoms with van der Waals surface area (Å²) in [7, 11) is 3.80. The Hall–Kier alpha value is -1.85. The Morgan fingerprint density at radius 3 is 2.81 bits per heavy atom. The number of aryl methyl sites for hydroxylation is 1. The van der Waals surface area contributed by atoms with Crippen LogP contribution in [0.2, 0.25) is 0 Å². The number of nitrogens with one attached hydrogen (secondary N) is 1. The number of furan rings is 1. The van der Waals surface area contributed by atoms with Crippen LogP contribution in [0, 0.1) is 0 Å². The molecule has 0 aliphatic rings. The van der Waals surface area contributed by atoms with Crippen molar-refractivity contribution in [3.63, 3.8) is 0 Å². The highest BCUT2D eigenvalue weighted by Gasteiger charge is 2.18. The van der Waals surface area contributed by atoms with Crippen molar-refractivity contribution in [3.8, 4) is 0 Å². The van der Waals surface area contributed by atoms with Crippen molar-refractivity contribution in [1.82, 2.24) is 10.2 Å². The summed E-state index contributed by atoms with van der Waals surface area (Å²) in [6.07, 6.45) is 2.38. The van der Waals surface area contributed by atoms with Crippen molar-refractivity contribution in [2.45, 2.75) is 19.4 Å². The van der Waals surface area contributed by atoms with Crippen LogP contribution in [0.4, 0.5) is 0 Å². The summed E-state index contributed by atoms with van der Waals surface area (Å²) < 4.78 is 5.43. The number of carbonyl (C=O) groups is 1. The van der Waals surface area contributed by atoms with E-state index in [1.165, 1.54) is 6.26 Å². The second kappa shape index (κ2) is 6.74. The summed E-state index contributed by atoms with van der Waals surface area (Å²) in [6, 6.07) is 5.56. The van der Waals surface area contributed by atoms with Crippen LogP contribution < -0.4 is 5.32 Å². The molecular formula is C16H22N2O3. The van der Waals surface area contributed by atoms with Crippen LogP contribution in [-0.2, 0) is 6.42 Å². The number of hydrogen-bond donors (Lipinski definition) is 2. The third kappa shape index (κ3) is 3.62. The molecule has 0 bridgehead atoms. The number of fused-ring (bicyclic) bond motifs is 1. The molecule has 2 rings (SSSR count). The highest BCUT2D eigenvalue weighted by Crippen LogP contribution is 2.23. The van der Waals surface area contributed by atoms with Gasteiger partial charge in [-0.2, -0.15) is 0 Å². The van der Waals surface area contributed by atoms with Crippen molar-refractivity contribution in [1.29, 1.82) is 0 Å². The average molecular weight is 290 g/mol. The van der Waals surface area contributed by atoms with Crippen LogP contribution in [-0.4, -0.2) is 49.2 Å². The number of nitrogens with zero attached hydrogens (tertiary/aromatic N) is 1. The van der Waals surface area contributed by atoms with Crippen molar-refractivity contribution < 1.29 is 14.3 Å². The van der Waals surface area contributed by atoms with Gasteiger partial charge in [0.15, 0.2) is 0 Å². The Morgan fingerprint density at radius 1 is 1.43 bits per heavy atom. The van der Waals surface area contributed by atoms with E-state index in [2.05, 4.69) is 12.2 Å². The Bertz CT molecular complexity index is 619. The molecular weight excluding hydrogens is 268 g/mol. The smallest absolute Gasteiger partial charge is 0.255 e. The van der Waals surface area contributed by atoms with Gasteiger partial charge >= 0.3 is 0 Å². The van der Waals surface area contributed by atoms with Gasteiger partial charge in [0.2, 0.25) is 0 Å². The van der Waals surface area contributed by atoms with Crippen molar-refractivity contribution in [2.75, 3.05) is 27.2 Å². The number of likely N-dealkylation sites (N-methyl/N-ethyl adjacent to an activating group) is 1. The van der Waals surface area contributed by atoms with Crippen molar-refractivity contribution in [2.24, 2.45) is 0 Å². The monoisotopic (exact) mass is 290 g/mol. The second-order valence-electron chi connectivity index (χ2n) is 5.45. The van der Waals surface area contributed by atoms with Crippen LogP contribution in [0.3, 0.4) is 0 Å². The molecule has 21 heavy (non-hydrogen) atoms. The van der Waals surface area contributed by atoms with E-state index in [-0.39, 0.29) is 18.6 Å². The van der Waals surface area contributed by atoms with E-state index in [1.54, 1.807) is 0 Å². The first-order valence-electron chi connectivity index (χ1n) is 7.11. The fraction of sp³-hybridized carbons (Fsp3) is 0.438. The zero-order valence-electron chi connectivity index (χ0n) is 12.7. The van der Waals surface area contributed by atoms with Crippen LogP contribution in [0.1, 0.15) is 22.8 Å². The Morgan fingerprint density at radius 2 is 2.19 bits per heavy atom. The lowest BCUT2D eigenvalue weighted by atomic mass is 10.1. The molecule has 5 nitrogen and oxygen atoms in total. The van der Waals surface area contributed by atoms with E-state index in [0.29, 0.717) is 17.7 Å². The van der Waals surface area contributed by atoms with E-state index in [0.717, 1.165) is 17.4 Å². The van der Waals surface area contributed by atoms with Gasteiger partial charge in [0.1, 0.15) is 11.8 Å². The minimum absolute atomic E-state index is 0.0973. The molecule has 1 aromatic heterocycles. The Labute approximate surface area is 124 Å². The van der Waals surface area contributed by atoms with Gasteiger partial charge in [0.05, 0.1) is 18.2 Å². The molecule has 114 valence electrons. The first-order chi connectivity index (χ1) is 10.0. The summed E-state index contributed by atoms with van der Waals surface area (Å²) in [5, 5.41) is 13.0. The summed E-state index contributed by atoms with van der Waals surface area (Å²) in [4.78, 5) is 14.3. The molecule has 0 spiro atoms. The zero-order valence-corrected chi connectivity index (χ0v) is 12.7. The lowest BCUT2D eigenvalue weighted by Crippen LogP contribution is -2.44. The topological polar surface area (TPSA) is 65.7 Å². The molecule has 0 saturated heterocycles. The maximum Gasteiger partial charge on any atom is 0.255 e. The largest absolute Gasteiger partial charge is 0.463 e. The number of hydrogen-bond acceptors (Lipinski definition) is 4. The molecule has 0 radical (unpaired) electrons. The maximum absolute atomic E-state index is 12.4.